The SMILES string of the molecule is Cc1cccc(-n2c(SC(C)C(=O)Nc3ccc(C)cc3Cl)nc3ccccc32)c1. The van der Waals surface area contributed by atoms with Crippen LogP contribution in [0.2, 0.25) is 5.02 Å². The average molecular weight is 436 g/mol. The van der Waals surface area contributed by atoms with Crippen molar-refractivity contribution in [1.29, 1.82) is 0 Å². The van der Waals surface area contributed by atoms with Crippen molar-refractivity contribution in [3.63, 3.8) is 0 Å². The van der Waals surface area contributed by atoms with Gasteiger partial charge in [0.1, 0.15) is 0 Å². The van der Waals surface area contributed by atoms with Crippen LogP contribution in [0.3, 0.4) is 0 Å². The zero-order chi connectivity index (χ0) is 21.3. The van der Waals surface area contributed by atoms with Crippen LogP contribution >= 0.6 is 23.4 Å². The number of hydrogen-bond donors (Lipinski definition) is 1. The standard InChI is InChI=1S/C24H22ClN3OS/c1-15-7-6-8-18(13-15)28-22-10-5-4-9-21(22)27-24(28)30-17(3)23(29)26-20-12-11-16(2)14-19(20)25/h4-14,17H,1-3H3,(H,26,29). The summed E-state index contributed by atoms with van der Waals surface area (Å²) in [6.07, 6.45) is 0. The number of aryl methyl sites for hydroxylation is 2. The third-order valence-electron chi connectivity index (χ3n) is 4.82. The minimum absolute atomic E-state index is 0.117. The van der Waals surface area contributed by atoms with E-state index < -0.39 is 0 Å². The Morgan fingerprint density at radius 1 is 1.03 bits per heavy atom. The molecule has 6 heteroatoms. The van der Waals surface area contributed by atoms with Gasteiger partial charge in [0, 0.05) is 5.69 Å². The van der Waals surface area contributed by atoms with E-state index in [9.17, 15) is 4.79 Å². The van der Waals surface area contributed by atoms with Crippen molar-refractivity contribution in [3.05, 3.63) is 82.9 Å². The predicted octanol–water partition coefficient (Wildman–Crippen LogP) is 6.42. The lowest BCUT2D eigenvalue weighted by molar-refractivity contribution is -0.115. The highest BCUT2D eigenvalue weighted by atomic mass is 35.5. The van der Waals surface area contributed by atoms with Gasteiger partial charge in [-0.25, -0.2) is 4.98 Å². The Labute approximate surface area is 185 Å². The molecule has 0 aliphatic rings. The van der Waals surface area contributed by atoms with Crippen LogP contribution in [0.25, 0.3) is 16.7 Å². The molecule has 0 aliphatic heterocycles. The predicted molar refractivity (Wildman–Crippen MR) is 126 cm³/mol. The molecule has 4 nitrogen and oxygen atoms in total. The number of nitrogens with zero attached hydrogens (tertiary/aromatic N) is 2. The summed E-state index contributed by atoms with van der Waals surface area (Å²) < 4.78 is 2.11. The number of carbonyl (C=O) groups excluding carboxylic acids is 1. The van der Waals surface area contributed by atoms with Gasteiger partial charge in [-0.3, -0.25) is 9.36 Å². The van der Waals surface area contributed by atoms with Crippen LogP contribution in [0.4, 0.5) is 5.69 Å². The Kier molecular flexibility index (Phi) is 5.84. The number of para-hydroxylation sites is 2. The second-order valence-electron chi connectivity index (χ2n) is 7.29. The molecule has 0 saturated carbocycles. The first-order chi connectivity index (χ1) is 14.4. The lowest BCUT2D eigenvalue weighted by Crippen LogP contribution is -2.23. The lowest BCUT2D eigenvalue weighted by Gasteiger charge is -2.15. The van der Waals surface area contributed by atoms with E-state index in [1.54, 1.807) is 0 Å². The van der Waals surface area contributed by atoms with Gasteiger partial charge in [0.05, 0.1) is 27.0 Å². The van der Waals surface area contributed by atoms with Crippen molar-refractivity contribution in [2.45, 2.75) is 31.2 Å². The highest BCUT2D eigenvalue weighted by Gasteiger charge is 2.21. The Morgan fingerprint density at radius 2 is 1.80 bits per heavy atom. The highest BCUT2D eigenvalue weighted by molar-refractivity contribution is 8.00. The molecule has 0 aliphatic carbocycles. The van der Waals surface area contributed by atoms with Gasteiger partial charge in [0.15, 0.2) is 5.16 Å². The summed E-state index contributed by atoms with van der Waals surface area (Å²) in [5.74, 6) is -0.117. The second kappa shape index (κ2) is 8.54. The topological polar surface area (TPSA) is 46.9 Å². The number of imidazole rings is 1. The number of anilines is 1. The van der Waals surface area contributed by atoms with Crippen molar-refractivity contribution in [3.8, 4) is 5.69 Å². The van der Waals surface area contributed by atoms with E-state index in [0.29, 0.717) is 10.7 Å². The molecular weight excluding hydrogens is 414 g/mol. The molecule has 1 amide bonds. The summed E-state index contributed by atoms with van der Waals surface area (Å²) in [4.78, 5) is 17.6. The van der Waals surface area contributed by atoms with Crippen molar-refractivity contribution in [1.82, 2.24) is 9.55 Å². The van der Waals surface area contributed by atoms with Gasteiger partial charge in [-0.2, -0.15) is 0 Å². The van der Waals surface area contributed by atoms with Crippen LogP contribution in [0.5, 0.6) is 0 Å². The molecule has 0 radical (unpaired) electrons. The molecule has 0 saturated heterocycles. The highest BCUT2D eigenvalue weighted by Crippen LogP contribution is 2.31. The normalized spacial score (nSPS) is 12.1. The first-order valence-corrected chi connectivity index (χ1v) is 11.0. The lowest BCUT2D eigenvalue weighted by atomic mass is 10.2. The molecule has 1 N–H and O–H groups in total. The number of amides is 1. The summed E-state index contributed by atoms with van der Waals surface area (Å²) in [5.41, 5.74) is 5.77. The van der Waals surface area contributed by atoms with Crippen LogP contribution in [0.15, 0.2) is 71.9 Å². The largest absolute Gasteiger partial charge is 0.324 e. The smallest absolute Gasteiger partial charge is 0.237 e. The molecular formula is C24H22ClN3OS. The Hall–Kier alpha value is -2.76. The zero-order valence-electron chi connectivity index (χ0n) is 17.0. The molecule has 152 valence electrons. The van der Waals surface area contributed by atoms with E-state index in [1.165, 1.54) is 17.3 Å². The first kappa shape index (κ1) is 20.5. The number of nitrogens with one attached hydrogen (secondary N) is 1. The number of carbonyl (C=O) groups is 1. The van der Waals surface area contributed by atoms with Gasteiger partial charge < -0.3 is 5.32 Å². The Morgan fingerprint density at radius 3 is 2.57 bits per heavy atom. The summed E-state index contributed by atoms with van der Waals surface area (Å²) in [6, 6.07) is 21.9. The van der Waals surface area contributed by atoms with E-state index in [2.05, 4.69) is 35.0 Å². The van der Waals surface area contributed by atoms with Gasteiger partial charge in [-0.05, 0) is 68.3 Å². The molecule has 0 fully saturated rings. The summed E-state index contributed by atoms with van der Waals surface area (Å²) in [7, 11) is 0. The number of fused-ring (bicyclic) bond motifs is 1. The summed E-state index contributed by atoms with van der Waals surface area (Å²) in [6.45, 7) is 5.91. The number of rotatable bonds is 5. The maximum Gasteiger partial charge on any atom is 0.237 e. The fourth-order valence-electron chi connectivity index (χ4n) is 3.27. The molecule has 1 unspecified atom stereocenters. The zero-order valence-corrected chi connectivity index (χ0v) is 18.6. The van der Waals surface area contributed by atoms with Crippen LogP contribution in [0, 0.1) is 13.8 Å². The molecule has 0 spiro atoms. The number of aromatic nitrogens is 2. The number of hydrogen-bond acceptors (Lipinski definition) is 3. The minimum atomic E-state index is -0.359. The maximum atomic E-state index is 12.8. The fourth-order valence-corrected chi connectivity index (χ4v) is 4.49. The van der Waals surface area contributed by atoms with Crippen LogP contribution in [-0.2, 0) is 4.79 Å². The number of benzene rings is 3. The molecule has 4 rings (SSSR count). The van der Waals surface area contributed by atoms with Gasteiger partial charge >= 0.3 is 0 Å². The third kappa shape index (κ3) is 4.23. The van der Waals surface area contributed by atoms with Gasteiger partial charge in [-0.1, -0.05) is 53.7 Å². The maximum absolute atomic E-state index is 12.8. The van der Waals surface area contributed by atoms with Crippen molar-refractivity contribution in [2.24, 2.45) is 0 Å². The quantitative estimate of drug-likeness (QED) is 0.368. The van der Waals surface area contributed by atoms with Crippen molar-refractivity contribution in [2.75, 3.05) is 5.32 Å². The summed E-state index contributed by atoms with van der Waals surface area (Å²) in [5, 5.41) is 3.88. The molecule has 1 atom stereocenters. The average Bonchev–Trinajstić information content (AvgIpc) is 3.07. The van der Waals surface area contributed by atoms with Crippen molar-refractivity contribution < 1.29 is 4.79 Å². The van der Waals surface area contributed by atoms with Crippen LogP contribution in [-0.4, -0.2) is 20.7 Å². The van der Waals surface area contributed by atoms with Crippen LogP contribution in [0.1, 0.15) is 18.1 Å². The molecule has 3 aromatic carbocycles. The molecule has 30 heavy (non-hydrogen) atoms. The number of halogens is 1. The van der Waals surface area contributed by atoms with E-state index >= 15 is 0 Å². The van der Waals surface area contributed by atoms with Crippen molar-refractivity contribution >= 4 is 46.0 Å². The molecule has 1 aromatic heterocycles. The Bertz CT molecular complexity index is 1230. The van der Waals surface area contributed by atoms with E-state index in [1.807, 2.05) is 62.4 Å². The first-order valence-electron chi connectivity index (χ1n) is 9.70. The Balaban J connectivity index is 1.64. The molecule has 4 aromatic rings. The molecule has 0 bridgehead atoms. The van der Waals surface area contributed by atoms with Crippen LogP contribution < -0.4 is 5.32 Å². The van der Waals surface area contributed by atoms with E-state index in [4.69, 9.17) is 16.6 Å². The van der Waals surface area contributed by atoms with E-state index in [0.717, 1.165) is 27.4 Å². The fraction of sp³-hybridized carbons (Fsp3) is 0.167. The van der Waals surface area contributed by atoms with Gasteiger partial charge in [-0.15, -0.1) is 0 Å². The third-order valence-corrected chi connectivity index (χ3v) is 6.19. The number of thioether (sulfide) groups is 1. The van der Waals surface area contributed by atoms with Gasteiger partial charge in [0.25, 0.3) is 0 Å². The molecule has 1 heterocycles. The monoisotopic (exact) mass is 435 g/mol. The van der Waals surface area contributed by atoms with E-state index in [-0.39, 0.29) is 11.2 Å². The second-order valence-corrected chi connectivity index (χ2v) is 9.01. The van der Waals surface area contributed by atoms with Gasteiger partial charge in [0.2, 0.25) is 5.91 Å². The summed E-state index contributed by atoms with van der Waals surface area (Å²) >= 11 is 7.70. The minimum Gasteiger partial charge on any atom is -0.324 e.